The molecule has 8 heteroatoms. The average molecular weight is 385 g/mol. The molecule has 27 heavy (non-hydrogen) atoms. The number of rotatable bonds is 3. The number of fused-ring (bicyclic) bond motifs is 3. The number of carbonyl (C=O) groups excluding carboxylic acids is 1. The van der Waals surface area contributed by atoms with Gasteiger partial charge in [0.2, 0.25) is 0 Å². The van der Waals surface area contributed by atoms with Crippen LogP contribution in [0.3, 0.4) is 0 Å². The van der Waals surface area contributed by atoms with E-state index >= 15 is 0 Å². The minimum Gasteiger partial charge on any atom is -0.618 e. The number of nitrogens with zero attached hydrogens (tertiary/aromatic N) is 2. The number of nitrogens with one attached hydrogen (secondary N) is 1. The van der Waals surface area contributed by atoms with Crippen LogP contribution in [0.2, 0.25) is 0 Å². The molecule has 0 radical (unpaired) electrons. The summed E-state index contributed by atoms with van der Waals surface area (Å²) in [4.78, 5) is 34.1. The molecule has 0 bridgehead atoms. The van der Waals surface area contributed by atoms with Gasteiger partial charge in [0, 0.05) is 17.0 Å². The van der Waals surface area contributed by atoms with Crippen molar-refractivity contribution in [2.45, 2.75) is 39.2 Å². The molecule has 0 aromatic carbocycles. The molecule has 4 rings (SSSR count). The molecular weight excluding hydrogens is 366 g/mol. The Morgan fingerprint density at radius 2 is 2.30 bits per heavy atom. The first-order chi connectivity index (χ1) is 12.9. The summed E-state index contributed by atoms with van der Waals surface area (Å²) in [5, 5.41) is 12.3. The molecule has 3 aromatic rings. The summed E-state index contributed by atoms with van der Waals surface area (Å²) in [7, 11) is 0. The standard InChI is InChI=1S/C19H19N3O4S/c1-10-6-7-12-14(9-10)27-18-15(12)17(23)20-16(21-18)11(2)26-19(24)13-5-3-4-8-22(13)25/h3-5,8,10-11H,6-7,9H2,1-2H3,(H,20,21,23)/t10-,11+/m1/s1. The van der Waals surface area contributed by atoms with Crippen molar-refractivity contribution in [1.82, 2.24) is 9.97 Å². The molecule has 7 nitrogen and oxygen atoms in total. The maximum Gasteiger partial charge on any atom is 0.405 e. The second kappa shape index (κ2) is 6.77. The van der Waals surface area contributed by atoms with Crippen molar-refractivity contribution >= 4 is 27.5 Å². The zero-order valence-electron chi connectivity index (χ0n) is 15.0. The van der Waals surface area contributed by atoms with E-state index in [1.807, 2.05) is 0 Å². The predicted molar refractivity (Wildman–Crippen MR) is 101 cm³/mol. The van der Waals surface area contributed by atoms with E-state index in [9.17, 15) is 14.8 Å². The van der Waals surface area contributed by atoms with E-state index in [1.165, 1.54) is 23.2 Å². The summed E-state index contributed by atoms with van der Waals surface area (Å²) in [6.07, 6.45) is 3.37. The SMILES string of the molecule is C[C@@H]1CCc2c(sc3nc([C@H](C)OC(=O)c4cccc[n+]4[O-])[nH]c(=O)c23)C1. The number of esters is 1. The summed E-state index contributed by atoms with van der Waals surface area (Å²) >= 11 is 1.54. The van der Waals surface area contributed by atoms with Crippen molar-refractivity contribution in [3.8, 4) is 0 Å². The number of pyridine rings is 1. The molecule has 1 N–H and O–H groups in total. The van der Waals surface area contributed by atoms with E-state index in [2.05, 4.69) is 16.9 Å². The lowest BCUT2D eigenvalue weighted by Crippen LogP contribution is -2.35. The Morgan fingerprint density at radius 1 is 1.48 bits per heavy atom. The van der Waals surface area contributed by atoms with E-state index in [0.29, 0.717) is 20.9 Å². The van der Waals surface area contributed by atoms with Gasteiger partial charge in [-0.2, -0.15) is 4.73 Å². The molecule has 0 spiro atoms. The molecule has 3 heterocycles. The molecular formula is C19H19N3O4S. The maximum absolute atomic E-state index is 12.6. The topological polar surface area (TPSA) is 99.0 Å². The van der Waals surface area contributed by atoms with E-state index in [4.69, 9.17) is 4.74 Å². The smallest absolute Gasteiger partial charge is 0.405 e. The lowest BCUT2D eigenvalue weighted by molar-refractivity contribution is -0.608. The molecule has 1 aliphatic rings. The van der Waals surface area contributed by atoms with Crippen LogP contribution >= 0.6 is 11.3 Å². The number of aromatic nitrogens is 3. The van der Waals surface area contributed by atoms with Crippen molar-refractivity contribution in [2.75, 3.05) is 0 Å². The zero-order valence-corrected chi connectivity index (χ0v) is 15.8. The molecule has 1 aliphatic carbocycles. The number of aryl methyl sites for hydroxylation is 1. The van der Waals surface area contributed by atoms with Gasteiger partial charge in [0.25, 0.3) is 5.56 Å². The number of hydrogen-bond acceptors (Lipinski definition) is 6. The largest absolute Gasteiger partial charge is 0.618 e. The Morgan fingerprint density at radius 3 is 3.07 bits per heavy atom. The fraction of sp³-hybridized carbons (Fsp3) is 0.368. The minimum absolute atomic E-state index is 0.117. The minimum atomic E-state index is -0.784. The average Bonchev–Trinajstić information content (AvgIpc) is 2.99. The van der Waals surface area contributed by atoms with Crippen LogP contribution in [0.5, 0.6) is 0 Å². The van der Waals surface area contributed by atoms with Crippen molar-refractivity contribution in [2.24, 2.45) is 5.92 Å². The highest BCUT2D eigenvalue weighted by Crippen LogP contribution is 2.35. The normalized spacial score (nSPS) is 17.5. The number of H-pyrrole nitrogens is 1. The highest BCUT2D eigenvalue weighted by molar-refractivity contribution is 7.18. The number of ether oxygens (including phenoxy) is 1. The number of thiophene rings is 1. The van der Waals surface area contributed by atoms with E-state index in [1.54, 1.807) is 24.3 Å². The quantitative estimate of drug-likeness (QED) is 0.424. The lowest BCUT2D eigenvalue weighted by atomic mass is 9.89. The Hall–Kier alpha value is -2.74. The monoisotopic (exact) mass is 385 g/mol. The fourth-order valence-electron chi connectivity index (χ4n) is 3.42. The van der Waals surface area contributed by atoms with E-state index in [-0.39, 0.29) is 17.1 Å². The first-order valence-corrected chi connectivity index (χ1v) is 9.69. The molecule has 0 amide bonds. The van der Waals surface area contributed by atoms with Crippen LogP contribution in [0.15, 0.2) is 29.2 Å². The lowest BCUT2D eigenvalue weighted by Gasteiger charge is -2.17. The summed E-state index contributed by atoms with van der Waals surface area (Å²) in [5.74, 6) is 0.120. The molecule has 0 aliphatic heterocycles. The zero-order chi connectivity index (χ0) is 19.1. The third-order valence-corrected chi connectivity index (χ3v) is 6.03. The van der Waals surface area contributed by atoms with Crippen LogP contribution in [0.1, 0.15) is 53.1 Å². The summed E-state index contributed by atoms with van der Waals surface area (Å²) < 4.78 is 5.79. The first-order valence-electron chi connectivity index (χ1n) is 8.87. The van der Waals surface area contributed by atoms with Gasteiger partial charge >= 0.3 is 11.7 Å². The summed E-state index contributed by atoms with van der Waals surface area (Å²) in [5.41, 5.74) is 0.784. The Kier molecular flexibility index (Phi) is 4.43. The molecule has 2 atom stereocenters. The molecule has 0 fully saturated rings. The predicted octanol–water partition coefficient (Wildman–Crippen LogP) is 2.66. The van der Waals surface area contributed by atoms with Crippen LogP contribution < -0.4 is 10.3 Å². The van der Waals surface area contributed by atoms with Crippen LogP contribution in [0.4, 0.5) is 0 Å². The fourth-order valence-corrected chi connectivity index (χ4v) is 4.81. The molecule has 0 saturated carbocycles. The van der Waals surface area contributed by atoms with Crippen molar-refractivity contribution < 1.29 is 14.3 Å². The second-order valence-corrected chi connectivity index (χ2v) is 8.03. The van der Waals surface area contributed by atoms with Crippen LogP contribution in [-0.4, -0.2) is 15.9 Å². The van der Waals surface area contributed by atoms with Gasteiger partial charge in [-0.25, -0.2) is 9.78 Å². The van der Waals surface area contributed by atoms with Gasteiger partial charge in [-0.3, -0.25) is 4.79 Å². The van der Waals surface area contributed by atoms with Crippen LogP contribution in [-0.2, 0) is 17.6 Å². The Labute approximate surface area is 159 Å². The van der Waals surface area contributed by atoms with E-state index < -0.39 is 12.1 Å². The highest BCUT2D eigenvalue weighted by atomic mass is 32.1. The van der Waals surface area contributed by atoms with Crippen molar-refractivity contribution in [1.29, 1.82) is 0 Å². The number of carbonyl (C=O) groups is 1. The highest BCUT2D eigenvalue weighted by Gasteiger charge is 2.25. The molecule has 140 valence electrons. The van der Waals surface area contributed by atoms with Crippen LogP contribution in [0, 0.1) is 11.1 Å². The van der Waals surface area contributed by atoms with Gasteiger partial charge in [-0.15, -0.1) is 11.3 Å². The van der Waals surface area contributed by atoms with E-state index in [0.717, 1.165) is 24.8 Å². The van der Waals surface area contributed by atoms with Gasteiger partial charge in [0.15, 0.2) is 18.1 Å². The molecule has 3 aromatic heterocycles. The summed E-state index contributed by atoms with van der Waals surface area (Å²) in [6, 6.07) is 4.49. The van der Waals surface area contributed by atoms with Gasteiger partial charge < -0.3 is 14.9 Å². The second-order valence-electron chi connectivity index (χ2n) is 6.94. The molecule has 0 saturated heterocycles. The van der Waals surface area contributed by atoms with Gasteiger partial charge in [-0.1, -0.05) is 6.92 Å². The Bertz CT molecular complexity index is 1090. The number of aromatic amines is 1. The van der Waals surface area contributed by atoms with Crippen molar-refractivity contribution in [3.05, 3.63) is 61.9 Å². The van der Waals surface area contributed by atoms with Crippen molar-refractivity contribution in [3.63, 3.8) is 0 Å². The molecule has 0 unspecified atom stereocenters. The van der Waals surface area contributed by atoms with Gasteiger partial charge in [0.1, 0.15) is 4.83 Å². The summed E-state index contributed by atoms with van der Waals surface area (Å²) in [6.45, 7) is 3.83. The van der Waals surface area contributed by atoms with Gasteiger partial charge in [-0.05, 0) is 43.7 Å². The Balaban J connectivity index is 1.65. The van der Waals surface area contributed by atoms with Crippen LogP contribution in [0.25, 0.3) is 10.2 Å². The number of hydrogen-bond donors (Lipinski definition) is 1. The first kappa shape index (κ1) is 17.7. The third kappa shape index (κ3) is 3.21. The maximum atomic E-state index is 12.6. The third-order valence-electron chi connectivity index (χ3n) is 4.89. The van der Waals surface area contributed by atoms with Gasteiger partial charge in [0.05, 0.1) is 5.39 Å².